The highest BCUT2D eigenvalue weighted by molar-refractivity contribution is 14.0. The molecule has 0 aromatic heterocycles. The third-order valence-corrected chi connectivity index (χ3v) is 4.69. The van der Waals surface area contributed by atoms with E-state index < -0.39 is 0 Å². The first-order valence-corrected chi connectivity index (χ1v) is 9.60. The Morgan fingerprint density at radius 2 is 2.03 bits per heavy atom. The molecule has 1 aliphatic rings. The number of methoxy groups -OCH3 is 1. The second kappa shape index (κ2) is 10.0. The molecule has 0 amide bonds. The van der Waals surface area contributed by atoms with Crippen LogP contribution in [-0.4, -0.2) is 30.3 Å². The van der Waals surface area contributed by atoms with Gasteiger partial charge in [0.2, 0.25) is 0 Å². The number of nitrogens with one attached hydrogen (secondary N) is 2. The van der Waals surface area contributed by atoms with Crippen LogP contribution >= 0.6 is 24.0 Å². The van der Waals surface area contributed by atoms with Crippen molar-refractivity contribution in [2.75, 3.05) is 13.7 Å². The van der Waals surface area contributed by atoms with Crippen molar-refractivity contribution >= 4 is 29.9 Å². The zero-order chi connectivity index (χ0) is 20.1. The fourth-order valence-corrected chi connectivity index (χ4v) is 3.42. The molecule has 0 spiro atoms. The van der Waals surface area contributed by atoms with Crippen LogP contribution in [0.25, 0.3) is 0 Å². The summed E-state index contributed by atoms with van der Waals surface area (Å²) in [7, 11) is 1.54. The van der Waals surface area contributed by atoms with Crippen LogP contribution < -0.4 is 20.1 Å². The van der Waals surface area contributed by atoms with E-state index in [0.29, 0.717) is 12.3 Å². The summed E-state index contributed by atoms with van der Waals surface area (Å²) in [6.45, 7) is 7.44. The second-order valence-electron chi connectivity index (χ2n) is 7.50. The van der Waals surface area contributed by atoms with Crippen molar-refractivity contribution in [3.63, 3.8) is 0 Å². The van der Waals surface area contributed by atoms with Crippen LogP contribution in [-0.2, 0) is 6.54 Å². The number of para-hydroxylation sites is 1. The maximum Gasteiger partial charge on any atom is 0.192 e. The summed E-state index contributed by atoms with van der Waals surface area (Å²) in [6.07, 6.45) is 0.831. The Hall–Kier alpha value is -2.16. The van der Waals surface area contributed by atoms with E-state index in [1.807, 2.05) is 31.2 Å². The molecule has 1 atom stereocenters. The van der Waals surface area contributed by atoms with Gasteiger partial charge in [0.05, 0.1) is 19.7 Å². The van der Waals surface area contributed by atoms with Crippen molar-refractivity contribution in [2.45, 2.75) is 45.4 Å². The summed E-state index contributed by atoms with van der Waals surface area (Å²) in [4.78, 5) is 4.70. The van der Waals surface area contributed by atoms with Gasteiger partial charge in [-0.2, -0.15) is 0 Å². The number of aromatic hydroxyl groups is 1. The summed E-state index contributed by atoms with van der Waals surface area (Å²) in [5.41, 5.74) is 1.78. The summed E-state index contributed by atoms with van der Waals surface area (Å²) in [5, 5.41) is 16.8. The SMILES string of the molecule is CCNC(=NCc1ccc(OC)c(O)c1)NC1CC(C)(C)Oc2ccccc21.I. The number of phenols is 1. The number of hydrogen-bond acceptors (Lipinski definition) is 4. The molecule has 1 unspecified atom stereocenters. The lowest BCUT2D eigenvalue weighted by Gasteiger charge is -2.38. The van der Waals surface area contributed by atoms with Gasteiger partial charge in [0.1, 0.15) is 11.4 Å². The predicted octanol–water partition coefficient (Wildman–Crippen LogP) is 4.38. The van der Waals surface area contributed by atoms with Gasteiger partial charge in [-0.1, -0.05) is 24.3 Å². The van der Waals surface area contributed by atoms with Gasteiger partial charge >= 0.3 is 0 Å². The summed E-state index contributed by atoms with van der Waals surface area (Å²) >= 11 is 0. The van der Waals surface area contributed by atoms with Crippen molar-refractivity contribution in [1.82, 2.24) is 10.6 Å². The Labute approximate surface area is 189 Å². The van der Waals surface area contributed by atoms with Crippen LogP contribution in [0.4, 0.5) is 0 Å². The van der Waals surface area contributed by atoms with Gasteiger partial charge in [-0.05, 0) is 44.5 Å². The molecule has 7 heteroatoms. The first kappa shape index (κ1) is 23.1. The number of fused-ring (bicyclic) bond motifs is 1. The van der Waals surface area contributed by atoms with E-state index in [2.05, 4.69) is 30.5 Å². The van der Waals surface area contributed by atoms with Gasteiger partial charge in [-0.3, -0.25) is 0 Å². The van der Waals surface area contributed by atoms with Crippen molar-refractivity contribution in [3.8, 4) is 17.2 Å². The van der Waals surface area contributed by atoms with E-state index in [1.165, 1.54) is 7.11 Å². The van der Waals surface area contributed by atoms with Gasteiger partial charge in [0, 0.05) is 18.5 Å². The summed E-state index contributed by atoms with van der Waals surface area (Å²) < 4.78 is 11.2. The van der Waals surface area contributed by atoms with Crippen LogP contribution in [0.2, 0.25) is 0 Å². The topological polar surface area (TPSA) is 75.1 Å². The third kappa shape index (κ3) is 5.91. The van der Waals surface area contributed by atoms with Crippen LogP contribution in [0, 0.1) is 0 Å². The van der Waals surface area contributed by atoms with Crippen molar-refractivity contribution in [3.05, 3.63) is 53.6 Å². The molecule has 3 N–H and O–H groups in total. The first-order valence-electron chi connectivity index (χ1n) is 9.60. The zero-order valence-corrected chi connectivity index (χ0v) is 19.7. The number of phenolic OH excluding ortho intramolecular Hbond substituents is 1. The summed E-state index contributed by atoms with van der Waals surface area (Å²) in [6, 6.07) is 13.5. The number of hydrogen-bond donors (Lipinski definition) is 3. The van der Waals surface area contributed by atoms with Crippen molar-refractivity contribution in [2.24, 2.45) is 4.99 Å². The second-order valence-corrected chi connectivity index (χ2v) is 7.50. The molecule has 0 saturated heterocycles. The van der Waals surface area contributed by atoms with Crippen LogP contribution in [0.1, 0.15) is 44.4 Å². The van der Waals surface area contributed by atoms with Crippen LogP contribution in [0.15, 0.2) is 47.5 Å². The molecule has 0 radical (unpaired) electrons. The number of ether oxygens (including phenoxy) is 2. The largest absolute Gasteiger partial charge is 0.504 e. The minimum absolute atomic E-state index is 0. The Morgan fingerprint density at radius 1 is 1.28 bits per heavy atom. The minimum atomic E-state index is -0.259. The molecule has 1 aliphatic heterocycles. The van der Waals surface area contributed by atoms with Gasteiger partial charge in [0.25, 0.3) is 0 Å². The molecule has 2 aromatic rings. The van der Waals surface area contributed by atoms with Gasteiger partial charge < -0.3 is 25.2 Å². The molecule has 1 heterocycles. The molecule has 6 nitrogen and oxygen atoms in total. The van der Waals surface area contributed by atoms with E-state index in [0.717, 1.165) is 35.8 Å². The van der Waals surface area contributed by atoms with Crippen molar-refractivity contribution < 1.29 is 14.6 Å². The Kier molecular flexibility index (Phi) is 8.01. The Balaban J connectivity index is 0.00000300. The first-order chi connectivity index (χ1) is 13.4. The lowest BCUT2D eigenvalue weighted by atomic mass is 9.90. The summed E-state index contributed by atoms with van der Waals surface area (Å²) in [5.74, 6) is 2.22. The monoisotopic (exact) mass is 511 g/mol. The molecule has 0 fully saturated rings. The number of aliphatic imine (C=N–C) groups is 1. The number of guanidine groups is 1. The quantitative estimate of drug-likeness (QED) is 0.316. The molecular formula is C22H30IN3O3. The number of rotatable bonds is 5. The molecule has 29 heavy (non-hydrogen) atoms. The fraction of sp³-hybridized carbons (Fsp3) is 0.409. The van der Waals surface area contributed by atoms with Crippen LogP contribution in [0.5, 0.6) is 17.2 Å². The van der Waals surface area contributed by atoms with E-state index in [4.69, 9.17) is 14.5 Å². The molecule has 0 aliphatic carbocycles. The molecule has 3 rings (SSSR count). The predicted molar refractivity (Wildman–Crippen MR) is 127 cm³/mol. The third-order valence-electron chi connectivity index (χ3n) is 4.69. The lowest BCUT2D eigenvalue weighted by molar-refractivity contribution is 0.0694. The fourth-order valence-electron chi connectivity index (χ4n) is 3.42. The molecule has 0 bridgehead atoms. The highest BCUT2D eigenvalue weighted by Gasteiger charge is 2.33. The van der Waals surface area contributed by atoms with E-state index >= 15 is 0 Å². The van der Waals surface area contributed by atoms with Crippen molar-refractivity contribution in [1.29, 1.82) is 0 Å². The number of benzene rings is 2. The molecular weight excluding hydrogens is 481 g/mol. The van der Waals surface area contributed by atoms with E-state index in [1.54, 1.807) is 12.1 Å². The van der Waals surface area contributed by atoms with Gasteiger partial charge in [0.15, 0.2) is 17.5 Å². The van der Waals surface area contributed by atoms with Gasteiger partial charge in [-0.25, -0.2) is 4.99 Å². The van der Waals surface area contributed by atoms with E-state index in [9.17, 15) is 5.11 Å². The zero-order valence-electron chi connectivity index (χ0n) is 17.4. The van der Waals surface area contributed by atoms with Crippen LogP contribution in [0.3, 0.4) is 0 Å². The maximum atomic E-state index is 9.97. The average molecular weight is 511 g/mol. The maximum absolute atomic E-state index is 9.97. The number of halogens is 1. The molecule has 2 aromatic carbocycles. The highest BCUT2D eigenvalue weighted by Crippen LogP contribution is 2.39. The van der Waals surface area contributed by atoms with Gasteiger partial charge in [-0.15, -0.1) is 24.0 Å². The molecule has 0 saturated carbocycles. The highest BCUT2D eigenvalue weighted by atomic mass is 127. The normalized spacial score (nSPS) is 17.4. The lowest BCUT2D eigenvalue weighted by Crippen LogP contribution is -2.45. The standard InChI is InChI=1S/C22H29N3O3.HI/c1-5-23-21(24-14-15-10-11-20(27-4)18(26)12-15)25-17-13-22(2,3)28-19-9-7-6-8-16(17)19;/h6-12,17,26H,5,13-14H2,1-4H3,(H2,23,24,25);1H. The number of nitrogens with zero attached hydrogens (tertiary/aromatic N) is 1. The smallest absolute Gasteiger partial charge is 0.192 e. The Bertz CT molecular complexity index is 855. The van der Waals surface area contributed by atoms with E-state index in [-0.39, 0.29) is 41.4 Å². The minimum Gasteiger partial charge on any atom is -0.504 e. The Morgan fingerprint density at radius 3 is 2.72 bits per heavy atom. The molecule has 158 valence electrons. The average Bonchev–Trinajstić information content (AvgIpc) is 2.65.